The van der Waals surface area contributed by atoms with E-state index in [0.29, 0.717) is 11.3 Å². The lowest BCUT2D eigenvalue weighted by Gasteiger charge is -2.42. The number of carbonyl (C=O) groups is 2. The summed E-state index contributed by atoms with van der Waals surface area (Å²) in [5.41, 5.74) is 3.45. The minimum absolute atomic E-state index is 0.0580. The number of para-hydroxylation sites is 1. The minimum atomic E-state index is -0.938. The van der Waals surface area contributed by atoms with Crippen LogP contribution in [-0.4, -0.2) is 48.1 Å². The molecule has 1 saturated heterocycles. The van der Waals surface area contributed by atoms with Gasteiger partial charge in [-0.1, -0.05) is 38.1 Å². The van der Waals surface area contributed by atoms with Crippen molar-refractivity contribution in [1.82, 2.24) is 10.2 Å². The third kappa shape index (κ3) is 3.92. The molecule has 0 saturated carbocycles. The molecular weight excluding hydrogens is 378 g/mol. The number of likely N-dealkylation sites (N-methyl/N-ethyl adjacent to an activating group) is 1. The summed E-state index contributed by atoms with van der Waals surface area (Å²) >= 11 is 0. The minimum Gasteiger partial charge on any atom is -0.478 e. The Balaban J connectivity index is 1.61. The number of likely N-dealkylation sites (tertiary alicyclic amines) is 1. The van der Waals surface area contributed by atoms with Gasteiger partial charge in [-0.25, -0.2) is 4.79 Å². The number of carboxylic acids is 1. The van der Waals surface area contributed by atoms with Crippen LogP contribution in [0, 0.1) is 5.41 Å². The summed E-state index contributed by atoms with van der Waals surface area (Å²) < 4.78 is 0. The van der Waals surface area contributed by atoms with Gasteiger partial charge >= 0.3 is 5.97 Å². The standard InChI is InChI=1S/C24H29N3O3/c1-24(2)13-17-8-5-9-19(23(29)30)20(17)26-21(24)15-6-4-7-16(12-15)22(28)25-18-10-11-27(3)14-18/h4-9,12,18,21,26H,10-11,13-14H2,1-3H3,(H,25,28)(H,29,30). The lowest BCUT2D eigenvalue weighted by atomic mass is 9.72. The lowest BCUT2D eigenvalue weighted by molar-refractivity contribution is 0.0697. The number of carboxylic acid groups (broad SMARTS) is 1. The molecule has 0 aromatic heterocycles. The fourth-order valence-corrected chi connectivity index (χ4v) is 4.74. The van der Waals surface area contributed by atoms with E-state index in [1.807, 2.05) is 30.3 Å². The van der Waals surface area contributed by atoms with Crippen LogP contribution in [0.2, 0.25) is 0 Å². The van der Waals surface area contributed by atoms with Crippen LogP contribution < -0.4 is 10.6 Å². The van der Waals surface area contributed by atoms with Crippen molar-refractivity contribution in [2.45, 2.75) is 38.8 Å². The number of hydrogen-bond donors (Lipinski definition) is 3. The van der Waals surface area contributed by atoms with Gasteiger partial charge in [-0.3, -0.25) is 4.79 Å². The molecule has 2 aromatic carbocycles. The van der Waals surface area contributed by atoms with Crippen molar-refractivity contribution in [1.29, 1.82) is 0 Å². The third-order valence-corrected chi connectivity index (χ3v) is 6.31. The van der Waals surface area contributed by atoms with Crippen LogP contribution in [0.15, 0.2) is 42.5 Å². The number of carbonyl (C=O) groups excluding carboxylic acids is 1. The predicted molar refractivity (Wildman–Crippen MR) is 117 cm³/mol. The summed E-state index contributed by atoms with van der Waals surface area (Å²) in [5, 5.41) is 16.2. The van der Waals surface area contributed by atoms with Crippen LogP contribution in [0.5, 0.6) is 0 Å². The molecule has 30 heavy (non-hydrogen) atoms. The maximum Gasteiger partial charge on any atom is 0.337 e. The number of anilines is 1. The van der Waals surface area contributed by atoms with Crippen molar-refractivity contribution < 1.29 is 14.7 Å². The SMILES string of the molecule is CN1CCC(NC(=O)c2cccc(C3Nc4c(cccc4C(=O)O)CC3(C)C)c2)C1. The van der Waals surface area contributed by atoms with Gasteiger partial charge in [0.05, 0.1) is 17.3 Å². The normalized spacial score (nSPS) is 22.8. The summed E-state index contributed by atoms with van der Waals surface area (Å²) in [6, 6.07) is 13.2. The van der Waals surface area contributed by atoms with E-state index in [1.54, 1.807) is 12.1 Å². The number of fused-ring (bicyclic) bond motifs is 1. The summed E-state index contributed by atoms with van der Waals surface area (Å²) in [7, 11) is 2.06. The Bertz CT molecular complexity index is 985. The van der Waals surface area contributed by atoms with E-state index in [0.717, 1.165) is 37.1 Å². The number of nitrogens with zero attached hydrogens (tertiary/aromatic N) is 1. The molecule has 158 valence electrons. The monoisotopic (exact) mass is 407 g/mol. The second kappa shape index (κ2) is 7.76. The van der Waals surface area contributed by atoms with Crippen LogP contribution >= 0.6 is 0 Å². The van der Waals surface area contributed by atoms with Crippen molar-refractivity contribution in [3.8, 4) is 0 Å². The van der Waals surface area contributed by atoms with E-state index in [4.69, 9.17) is 0 Å². The van der Waals surface area contributed by atoms with Crippen molar-refractivity contribution in [2.75, 3.05) is 25.5 Å². The molecule has 0 spiro atoms. The molecule has 3 N–H and O–H groups in total. The van der Waals surface area contributed by atoms with Gasteiger partial charge in [0.25, 0.3) is 5.91 Å². The summed E-state index contributed by atoms with van der Waals surface area (Å²) in [6.07, 6.45) is 1.72. The van der Waals surface area contributed by atoms with Gasteiger partial charge in [-0.15, -0.1) is 0 Å². The summed E-state index contributed by atoms with van der Waals surface area (Å²) in [5.74, 6) is -0.996. The third-order valence-electron chi connectivity index (χ3n) is 6.31. The number of benzene rings is 2. The highest BCUT2D eigenvalue weighted by Gasteiger charge is 2.37. The van der Waals surface area contributed by atoms with E-state index in [9.17, 15) is 14.7 Å². The zero-order valence-electron chi connectivity index (χ0n) is 17.7. The smallest absolute Gasteiger partial charge is 0.337 e. The highest BCUT2D eigenvalue weighted by Crippen LogP contribution is 2.46. The van der Waals surface area contributed by atoms with E-state index < -0.39 is 5.97 Å². The average Bonchev–Trinajstić information content (AvgIpc) is 3.10. The Hall–Kier alpha value is -2.86. The van der Waals surface area contributed by atoms with Gasteiger partial charge < -0.3 is 20.6 Å². The second-order valence-electron chi connectivity index (χ2n) is 9.23. The zero-order chi connectivity index (χ0) is 21.5. The molecule has 0 bridgehead atoms. The molecule has 2 atom stereocenters. The fraction of sp³-hybridized carbons (Fsp3) is 0.417. The van der Waals surface area contributed by atoms with E-state index >= 15 is 0 Å². The molecule has 1 fully saturated rings. The quantitative estimate of drug-likeness (QED) is 0.722. The molecule has 6 heteroatoms. The molecule has 1 amide bonds. The van der Waals surface area contributed by atoms with E-state index in [-0.39, 0.29) is 29.0 Å². The van der Waals surface area contributed by atoms with Gasteiger partial charge in [0.1, 0.15) is 0 Å². The van der Waals surface area contributed by atoms with Crippen LogP contribution in [-0.2, 0) is 6.42 Å². The topological polar surface area (TPSA) is 81.7 Å². The number of rotatable bonds is 4. The van der Waals surface area contributed by atoms with Gasteiger partial charge in [0.15, 0.2) is 0 Å². The molecular formula is C24H29N3O3. The van der Waals surface area contributed by atoms with Gasteiger partial charge in [-0.2, -0.15) is 0 Å². The second-order valence-corrected chi connectivity index (χ2v) is 9.23. The van der Waals surface area contributed by atoms with Crippen LogP contribution in [0.1, 0.15) is 58.2 Å². The molecule has 2 aliphatic rings. The van der Waals surface area contributed by atoms with Crippen molar-refractivity contribution in [3.05, 3.63) is 64.7 Å². The van der Waals surface area contributed by atoms with Crippen LogP contribution in [0.4, 0.5) is 5.69 Å². The van der Waals surface area contributed by atoms with Gasteiger partial charge in [0, 0.05) is 18.2 Å². The van der Waals surface area contributed by atoms with Gasteiger partial charge in [-0.05, 0) is 61.2 Å². The first-order valence-corrected chi connectivity index (χ1v) is 10.5. The first-order valence-electron chi connectivity index (χ1n) is 10.5. The Morgan fingerprint density at radius 2 is 1.97 bits per heavy atom. The van der Waals surface area contributed by atoms with Crippen LogP contribution in [0.3, 0.4) is 0 Å². The molecule has 0 radical (unpaired) electrons. The van der Waals surface area contributed by atoms with Crippen molar-refractivity contribution >= 4 is 17.6 Å². The first-order chi connectivity index (χ1) is 14.2. The van der Waals surface area contributed by atoms with Crippen molar-refractivity contribution in [2.24, 2.45) is 5.41 Å². The molecule has 2 heterocycles. The summed E-state index contributed by atoms with van der Waals surface area (Å²) in [6.45, 7) is 6.21. The number of aromatic carboxylic acids is 1. The van der Waals surface area contributed by atoms with E-state index in [2.05, 4.69) is 36.4 Å². The predicted octanol–water partition coefficient (Wildman–Crippen LogP) is 3.55. The average molecular weight is 408 g/mol. The first kappa shape index (κ1) is 20.4. The largest absolute Gasteiger partial charge is 0.478 e. The van der Waals surface area contributed by atoms with E-state index in [1.165, 1.54) is 0 Å². The zero-order valence-corrected chi connectivity index (χ0v) is 17.7. The highest BCUT2D eigenvalue weighted by molar-refractivity contribution is 5.96. The Kier molecular flexibility index (Phi) is 5.28. The Morgan fingerprint density at radius 3 is 2.67 bits per heavy atom. The van der Waals surface area contributed by atoms with Crippen molar-refractivity contribution in [3.63, 3.8) is 0 Å². The lowest BCUT2D eigenvalue weighted by Crippen LogP contribution is -2.37. The molecule has 2 aromatic rings. The maximum absolute atomic E-state index is 12.8. The Morgan fingerprint density at radius 1 is 1.20 bits per heavy atom. The molecule has 4 rings (SSSR count). The summed E-state index contributed by atoms with van der Waals surface area (Å²) in [4.78, 5) is 26.7. The number of amides is 1. The van der Waals surface area contributed by atoms with Crippen LogP contribution in [0.25, 0.3) is 0 Å². The fourth-order valence-electron chi connectivity index (χ4n) is 4.74. The molecule has 0 aliphatic carbocycles. The molecule has 6 nitrogen and oxygen atoms in total. The molecule has 2 aliphatic heterocycles. The number of nitrogens with one attached hydrogen (secondary N) is 2. The Labute approximate surface area is 177 Å². The highest BCUT2D eigenvalue weighted by atomic mass is 16.4. The number of hydrogen-bond acceptors (Lipinski definition) is 4. The van der Waals surface area contributed by atoms with Gasteiger partial charge in [0.2, 0.25) is 0 Å². The molecule has 2 unspecified atom stereocenters. The maximum atomic E-state index is 12.8.